The van der Waals surface area contributed by atoms with E-state index in [2.05, 4.69) is 16.2 Å². The highest BCUT2D eigenvalue weighted by molar-refractivity contribution is 7.98. The zero-order valence-corrected chi connectivity index (χ0v) is 16.2. The van der Waals surface area contributed by atoms with Crippen LogP contribution in [0.3, 0.4) is 0 Å². The number of benzene rings is 2. The van der Waals surface area contributed by atoms with Crippen molar-refractivity contribution < 1.29 is 18.8 Å². The second kappa shape index (κ2) is 11.1. The van der Waals surface area contributed by atoms with Crippen LogP contribution in [0.5, 0.6) is 0 Å². The van der Waals surface area contributed by atoms with Crippen LogP contribution in [-0.2, 0) is 16.0 Å². The molecule has 0 radical (unpaired) electrons. The minimum absolute atomic E-state index is 0.00753. The molecule has 0 saturated carbocycles. The molecule has 0 aliphatic heterocycles. The Morgan fingerprint density at radius 1 is 1.00 bits per heavy atom. The topological polar surface area (TPSA) is 87.3 Å². The highest BCUT2D eigenvalue weighted by Gasteiger charge is 2.21. The van der Waals surface area contributed by atoms with E-state index in [1.54, 1.807) is 42.1 Å². The predicted octanol–water partition coefficient (Wildman–Crippen LogP) is 2.07. The fraction of sp³-hybridized carbons (Fsp3) is 0.250. The molecule has 0 heterocycles. The molecule has 0 aliphatic rings. The van der Waals surface area contributed by atoms with E-state index < -0.39 is 17.9 Å². The van der Waals surface area contributed by atoms with Gasteiger partial charge in [-0.05, 0) is 48.3 Å². The smallest absolute Gasteiger partial charge is 0.260 e. The molecule has 0 aromatic heterocycles. The summed E-state index contributed by atoms with van der Waals surface area (Å²) in [6.07, 6.45) is 2.31. The minimum Gasteiger partial charge on any atom is -0.340 e. The van der Waals surface area contributed by atoms with Gasteiger partial charge in [0.25, 0.3) is 11.8 Å². The number of carbonyl (C=O) groups is 3. The van der Waals surface area contributed by atoms with Crippen LogP contribution in [0.25, 0.3) is 0 Å². The van der Waals surface area contributed by atoms with Gasteiger partial charge in [0.15, 0.2) is 0 Å². The molecule has 0 fully saturated rings. The highest BCUT2D eigenvalue weighted by atomic mass is 32.2. The minimum atomic E-state index is -0.786. The molecule has 8 heteroatoms. The summed E-state index contributed by atoms with van der Waals surface area (Å²) in [5.41, 5.74) is 5.73. The molecule has 0 unspecified atom stereocenters. The largest absolute Gasteiger partial charge is 0.340 e. The number of amides is 3. The number of hydrazine groups is 1. The normalized spacial score (nSPS) is 11.4. The maximum Gasteiger partial charge on any atom is 0.260 e. The zero-order valence-electron chi connectivity index (χ0n) is 15.4. The van der Waals surface area contributed by atoms with Gasteiger partial charge < -0.3 is 5.32 Å². The first kappa shape index (κ1) is 21.4. The Hall–Kier alpha value is -2.87. The molecule has 0 aliphatic carbocycles. The summed E-state index contributed by atoms with van der Waals surface area (Å²) in [6.45, 7) is 0. The lowest BCUT2D eigenvalue weighted by molar-refractivity contribution is -0.129. The number of halogens is 1. The van der Waals surface area contributed by atoms with Crippen LogP contribution in [0.2, 0.25) is 0 Å². The van der Waals surface area contributed by atoms with E-state index in [-0.39, 0.29) is 18.1 Å². The Labute approximate surface area is 167 Å². The van der Waals surface area contributed by atoms with Crippen LogP contribution in [0.4, 0.5) is 4.39 Å². The van der Waals surface area contributed by atoms with Crippen LogP contribution < -0.4 is 16.2 Å². The first-order valence-corrected chi connectivity index (χ1v) is 10.1. The Bertz CT molecular complexity index is 800. The third-order valence-electron chi connectivity index (χ3n) is 3.87. The quantitative estimate of drug-likeness (QED) is 0.589. The first-order chi connectivity index (χ1) is 13.5. The molecule has 6 nitrogen and oxygen atoms in total. The molecule has 148 valence electrons. The number of thioether (sulfide) groups is 1. The summed E-state index contributed by atoms with van der Waals surface area (Å²) >= 11 is 1.55. The van der Waals surface area contributed by atoms with Gasteiger partial charge in [0, 0.05) is 5.56 Å². The SMILES string of the molecule is CSCC[C@H](NC(=O)c1ccccc1)C(=O)NNC(=O)Cc1ccc(F)cc1. The fourth-order valence-electron chi connectivity index (χ4n) is 2.39. The van der Waals surface area contributed by atoms with Crippen LogP contribution in [0, 0.1) is 5.82 Å². The average molecular weight is 403 g/mol. The number of nitrogens with one attached hydrogen (secondary N) is 3. The van der Waals surface area contributed by atoms with Crippen molar-refractivity contribution in [2.75, 3.05) is 12.0 Å². The van der Waals surface area contributed by atoms with Gasteiger partial charge in [0.2, 0.25) is 5.91 Å². The van der Waals surface area contributed by atoms with Gasteiger partial charge >= 0.3 is 0 Å². The standard InChI is InChI=1S/C20H22FN3O3S/c1-28-12-11-17(22-19(26)15-5-3-2-4-6-15)20(27)24-23-18(25)13-14-7-9-16(21)10-8-14/h2-10,17H,11-13H2,1H3,(H,22,26)(H,23,25)(H,24,27)/t17-/m0/s1. The molecule has 28 heavy (non-hydrogen) atoms. The summed E-state index contributed by atoms with van der Waals surface area (Å²) < 4.78 is 12.9. The van der Waals surface area contributed by atoms with Crippen molar-refractivity contribution in [3.8, 4) is 0 Å². The average Bonchev–Trinajstić information content (AvgIpc) is 2.71. The van der Waals surface area contributed by atoms with Crippen molar-refractivity contribution in [3.63, 3.8) is 0 Å². The monoisotopic (exact) mass is 403 g/mol. The van der Waals surface area contributed by atoms with Crippen LogP contribution in [0.1, 0.15) is 22.3 Å². The van der Waals surface area contributed by atoms with Crippen molar-refractivity contribution >= 4 is 29.5 Å². The third kappa shape index (κ3) is 7.03. The molecular weight excluding hydrogens is 381 g/mol. The maximum atomic E-state index is 12.9. The summed E-state index contributed by atoms with van der Waals surface area (Å²) in [6, 6.07) is 13.3. The van der Waals surface area contributed by atoms with Crippen LogP contribution in [0.15, 0.2) is 54.6 Å². The lowest BCUT2D eigenvalue weighted by Gasteiger charge is -2.18. The molecule has 1 atom stereocenters. The Kier molecular flexibility index (Phi) is 8.48. The molecule has 3 N–H and O–H groups in total. The van der Waals surface area contributed by atoms with Crippen molar-refractivity contribution in [2.45, 2.75) is 18.9 Å². The van der Waals surface area contributed by atoms with Crippen LogP contribution in [-0.4, -0.2) is 35.8 Å². The summed E-state index contributed by atoms with van der Waals surface area (Å²) in [7, 11) is 0. The van der Waals surface area contributed by atoms with Gasteiger partial charge in [-0.2, -0.15) is 11.8 Å². The van der Waals surface area contributed by atoms with E-state index in [1.165, 1.54) is 24.3 Å². The van der Waals surface area contributed by atoms with Gasteiger partial charge in [-0.1, -0.05) is 30.3 Å². The Morgan fingerprint density at radius 2 is 1.68 bits per heavy atom. The van der Waals surface area contributed by atoms with E-state index >= 15 is 0 Å². The summed E-state index contributed by atoms with van der Waals surface area (Å²) in [4.78, 5) is 36.7. The van der Waals surface area contributed by atoms with Gasteiger partial charge in [0.05, 0.1) is 6.42 Å². The first-order valence-electron chi connectivity index (χ1n) is 8.67. The van der Waals surface area contributed by atoms with Crippen molar-refractivity contribution in [1.82, 2.24) is 16.2 Å². The van der Waals surface area contributed by atoms with Gasteiger partial charge in [0.1, 0.15) is 11.9 Å². The summed E-state index contributed by atoms with van der Waals surface area (Å²) in [5.74, 6) is -1.04. The Balaban J connectivity index is 1.89. The van der Waals surface area contributed by atoms with Crippen molar-refractivity contribution in [1.29, 1.82) is 0 Å². The Morgan fingerprint density at radius 3 is 2.32 bits per heavy atom. The number of carbonyl (C=O) groups excluding carboxylic acids is 3. The fourth-order valence-corrected chi connectivity index (χ4v) is 2.86. The van der Waals surface area contributed by atoms with Gasteiger partial charge in [-0.3, -0.25) is 25.2 Å². The lowest BCUT2D eigenvalue weighted by Crippen LogP contribution is -2.52. The zero-order chi connectivity index (χ0) is 20.4. The number of hydrogen-bond acceptors (Lipinski definition) is 4. The van der Waals surface area contributed by atoms with Gasteiger partial charge in [-0.15, -0.1) is 0 Å². The summed E-state index contributed by atoms with van der Waals surface area (Å²) in [5, 5.41) is 2.69. The van der Waals surface area contributed by atoms with Gasteiger partial charge in [-0.25, -0.2) is 4.39 Å². The second-order valence-corrected chi connectivity index (χ2v) is 7.00. The molecule has 2 aromatic carbocycles. The molecular formula is C20H22FN3O3S. The third-order valence-corrected chi connectivity index (χ3v) is 4.52. The number of rotatable bonds is 8. The van der Waals surface area contributed by atoms with E-state index in [0.717, 1.165) is 0 Å². The van der Waals surface area contributed by atoms with E-state index in [4.69, 9.17) is 0 Å². The lowest BCUT2D eigenvalue weighted by atomic mass is 10.1. The molecule has 0 bridgehead atoms. The predicted molar refractivity (Wildman–Crippen MR) is 107 cm³/mol. The van der Waals surface area contributed by atoms with E-state index in [1.807, 2.05) is 6.26 Å². The van der Waals surface area contributed by atoms with Crippen molar-refractivity contribution in [2.24, 2.45) is 0 Å². The van der Waals surface area contributed by atoms with Crippen LogP contribution >= 0.6 is 11.8 Å². The van der Waals surface area contributed by atoms with E-state index in [0.29, 0.717) is 23.3 Å². The molecule has 0 saturated heterocycles. The molecule has 2 aromatic rings. The number of hydrogen-bond donors (Lipinski definition) is 3. The molecule has 3 amide bonds. The van der Waals surface area contributed by atoms with E-state index in [9.17, 15) is 18.8 Å². The van der Waals surface area contributed by atoms with Crippen molar-refractivity contribution in [3.05, 3.63) is 71.5 Å². The molecule has 0 spiro atoms. The highest BCUT2D eigenvalue weighted by Crippen LogP contribution is 2.05. The maximum absolute atomic E-state index is 12.9. The molecule has 2 rings (SSSR count). The second-order valence-electron chi connectivity index (χ2n) is 6.01.